The number of thiophene rings is 1. The summed E-state index contributed by atoms with van der Waals surface area (Å²) in [6.45, 7) is 4.26. The molecule has 19 heavy (non-hydrogen) atoms. The first kappa shape index (κ1) is 12.3. The van der Waals surface area contributed by atoms with Crippen molar-refractivity contribution in [3.05, 3.63) is 34.5 Å². The third-order valence-corrected chi connectivity index (χ3v) is 4.10. The molecule has 1 amide bonds. The minimum absolute atomic E-state index is 0.0618. The van der Waals surface area contributed by atoms with Crippen LogP contribution in [0.1, 0.15) is 15.5 Å². The van der Waals surface area contributed by atoms with Gasteiger partial charge in [0.25, 0.3) is 5.91 Å². The summed E-state index contributed by atoms with van der Waals surface area (Å²) in [5, 5.41) is 8.42. The van der Waals surface area contributed by atoms with Crippen molar-refractivity contribution >= 4 is 17.2 Å². The monoisotopic (exact) mass is 277 g/mol. The van der Waals surface area contributed by atoms with Crippen molar-refractivity contribution in [3.63, 3.8) is 0 Å². The summed E-state index contributed by atoms with van der Waals surface area (Å²) in [6.07, 6.45) is 1.36. The molecular weight excluding hydrogens is 262 g/mol. The number of H-pyrrole nitrogens is 1. The molecule has 0 saturated carbocycles. The van der Waals surface area contributed by atoms with Crippen LogP contribution in [0.15, 0.2) is 23.8 Å². The molecule has 0 aromatic carbocycles. The molecule has 0 unspecified atom stereocenters. The van der Waals surface area contributed by atoms with E-state index < -0.39 is 0 Å². The molecule has 0 aliphatic carbocycles. The topological polar surface area (TPSA) is 65.1 Å². The lowest BCUT2D eigenvalue weighted by molar-refractivity contribution is 0.0618. The van der Waals surface area contributed by atoms with Gasteiger partial charge in [-0.3, -0.25) is 14.8 Å². The lowest BCUT2D eigenvalue weighted by Crippen LogP contribution is -2.48. The number of aromatic nitrogens is 3. The zero-order chi connectivity index (χ0) is 13.1. The molecule has 1 aliphatic heterocycles. The van der Waals surface area contributed by atoms with Crippen LogP contribution in [-0.4, -0.2) is 57.1 Å². The van der Waals surface area contributed by atoms with E-state index in [1.54, 1.807) is 11.3 Å². The van der Waals surface area contributed by atoms with Gasteiger partial charge in [0.15, 0.2) is 0 Å². The highest BCUT2D eigenvalue weighted by Gasteiger charge is 2.23. The third-order valence-electron chi connectivity index (χ3n) is 3.24. The maximum absolute atomic E-state index is 12.1. The molecule has 1 N–H and O–H groups in total. The van der Waals surface area contributed by atoms with Crippen LogP contribution in [0.5, 0.6) is 0 Å². The predicted molar refractivity (Wildman–Crippen MR) is 71.9 cm³/mol. The average molecular weight is 277 g/mol. The lowest BCUT2D eigenvalue weighted by atomic mass is 10.3. The molecule has 6 nitrogen and oxygen atoms in total. The van der Waals surface area contributed by atoms with Gasteiger partial charge in [0.1, 0.15) is 6.33 Å². The first-order chi connectivity index (χ1) is 9.33. The summed E-state index contributed by atoms with van der Waals surface area (Å²) in [7, 11) is 0. The van der Waals surface area contributed by atoms with Gasteiger partial charge in [-0.1, -0.05) is 6.07 Å². The second-order valence-corrected chi connectivity index (χ2v) is 5.51. The zero-order valence-electron chi connectivity index (χ0n) is 10.5. The molecule has 2 aromatic heterocycles. The number of nitrogens with one attached hydrogen (secondary N) is 1. The predicted octanol–water partition coefficient (Wildman–Crippen LogP) is 0.824. The van der Waals surface area contributed by atoms with Gasteiger partial charge in [0.2, 0.25) is 5.82 Å². The molecule has 0 atom stereocenters. The van der Waals surface area contributed by atoms with E-state index in [4.69, 9.17) is 0 Å². The van der Waals surface area contributed by atoms with E-state index in [2.05, 4.69) is 37.6 Å². The van der Waals surface area contributed by atoms with Gasteiger partial charge in [-0.2, -0.15) is 5.10 Å². The second-order valence-electron chi connectivity index (χ2n) is 4.48. The number of carbonyl (C=O) groups is 1. The van der Waals surface area contributed by atoms with Gasteiger partial charge in [0, 0.05) is 37.6 Å². The van der Waals surface area contributed by atoms with Crippen LogP contribution >= 0.6 is 11.3 Å². The Bertz CT molecular complexity index is 516. The van der Waals surface area contributed by atoms with Crippen molar-refractivity contribution in [1.82, 2.24) is 25.0 Å². The Balaban J connectivity index is 1.53. The number of aromatic amines is 1. The van der Waals surface area contributed by atoms with Gasteiger partial charge >= 0.3 is 0 Å². The first-order valence-corrected chi connectivity index (χ1v) is 7.10. The first-order valence-electron chi connectivity index (χ1n) is 6.22. The van der Waals surface area contributed by atoms with E-state index in [1.165, 1.54) is 11.2 Å². The molecule has 3 heterocycles. The van der Waals surface area contributed by atoms with E-state index in [0.717, 1.165) is 32.7 Å². The SMILES string of the molecule is O=C(c1ncn[nH]1)N1CCN(Cc2cccs2)CC1. The summed E-state index contributed by atoms with van der Waals surface area (Å²) in [4.78, 5) is 21.5. The van der Waals surface area contributed by atoms with Gasteiger partial charge in [-0.05, 0) is 11.4 Å². The largest absolute Gasteiger partial charge is 0.333 e. The van der Waals surface area contributed by atoms with Crippen LogP contribution in [0.2, 0.25) is 0 Å². The summed E-state index contributed by atoms with van der Waals surface area (Å²) < 4.78 is 0. The van der Waals surface area contributed by atoms with Crippen LogP contribution in [-0.2, 0) is 6.54 Å². The third kappa shape index (κ3) is 2.82. The van der Waals surface area contributed by atoms with Gasteiger partial charge in [0.05, 0.1) is 0 Å². The lowest BCUT2D eigenvalue weighted by Gasteiger charge is -2.33. The maximum Gasteiger partial charge on any atom is 0.291 e. The molecule has 7 heteroatoms. The summed E-state index contributed by atoms with van der Waals surface area (Å²) in [6, 6.07) is 4.22. The number of hydrogen-bond acceptors (Lipinski definition) is 5. The smallest absolute Gasteiger partial charge is 0.291 e. The Hall–Kier alpha value is -1.73. The summed E-state index contributed by atoms with van der Waals surface area (Å²) in [5.41, 5.74) is 0. The molecule has 0 radical (unpaired) electrons. The summed E-state index contributed by atoms with van der Waals surface area (Å²) in [5.74, 6) is 0.264. The zero-order valence-corrected chi connectivity index (χ0v) is 11.3. The van der Waals surface area contributed by atoms with Crippen LogP contribution in [0.3, 0.4) is 0 Å². The summed E-state index contributed by atoms with van der Waals surface area (Å²) >= 11 is 1.78. The fraction of sp³-hybridized carbons (Fsp3) is 0.417. The number of nitrogens with zero attached hydrogens (tertiary/aromatic N) is 4. The van der Waals surface area contributed by atoms with Crippen molar-refractivity contribution in [3.8, 4) is 0 Å². The van der Waals surface area contributed by atoms with Gasteiger partial charge in [-0.15, -0.1) is 11.3 Å². The highest BCUT2D eigenvalue weighted by molar-refractivity contribution is 7.09. The van der Waals surface area contributed by atoms with E-state index in [0.29, 0.717) is 5.82 Å². The Morgan fingerprint density at radius 1 is 1.37 bits per heavy atom. The van der Waals surface area contributed by atoms with Crippen molar-refractivity contribution in [2.45, 2.75) is 6.54 Å². The highest BCUT2D eigenvalue weighted by Crippen LogP contribution is 2.14. The quantitative estimate of drug-likeness (QED) is 0.902. The fourth-order valence-electron chi connectivity index (χ4n) is 2.19. The minimum Gasteiger partial charge on any atom is -0.333 e. The van der Waals surface area contributed by atoms with Gasteiger partial charge in [-0.25, -0.2) is 4.98 Å². The molecule has 2 aromatic rings. The van der Waals surface area contributed by atoms with Gasteiger partial charge < -0.3 is 4.90 Å². The Morgan fingerprint density at radius 3 is 2.84 bits per heavy atom. The molecule has 0 bridgehead atoms. The number of hydrogen-bond donors (Lipinski definition) is 1. The molecule has 0 spiro atoms. The number of amides is 1. The van der Waals surface area contributed by atoms with Crippen LogP contribution < -0.4 is 0 Å². The average Bonchev–Trinajstić information content (AvgIpc) is 3.12. The number of piperazine rings is 1. The van der Waals surface area contributed by atoms with Crippen LogP contribution in [0.4, 0.5) is 0 Å². The van der Waals surface area contributed by atoms with Crippen molar-refractivity contribution in [1.29, 1.82) is 0 Å². The molecular formula is C12H15N5OS. The van der Waals surface area contributed by atoms with Crippen molar-refractivity contribution in [2.75, 3.05) is 26.2 Å². The standard InChI is InChI=1S/C12H15N5OS/c18-12(11-13-9-14-15-11)17-5-3-16(4-6-17)8-10-2-1-7-19-10/h1-2,7,9H,3-6,8H2,(H,13,14,15). The van der Waals surface area contributed by atoms with Crippen molar-refractivity contribution in [2.24, 2.45) is 0 Å². The van der Waals surface area contributed by atoms with E-state index in [9.17, 15) is 4.79 Å². The molecule has 3 rings (SSSR count). The van der Waals surface area contributed by atoms with E-state index in [1.807, 2.05) is 4.90 Å². The number of carbonyl (C=O) groups excluding carboxylic acids is 1. The fourth-order valence-corrected chi connectivity index (χ4v) is 2.94. The highest BCUT2D eigenvalue weighted by atomic mass is 32.1. The Kier molecular flexibility index (Phi) is 3.56. The van der Waals surface area contributed by atoms with Crippen LogP contribution in [0, 0.1) is 0 Å². The normalized spacial score (nSPS) is 16.7. The second kappa shape index (κ2) is 5.50. The molecule has 1 aliphatic rings. The van der Waals surface area contributed by atoms with E-state index in [-0.39, 0.29) is 5.91 Å². The maximum atomic E-state index is 12.1. The molecule has 1 fully saturated rings. The molecule has 1 saturated heterocycles. The van der Waals surface area contributed by atoms with Crippen LogP contribution in [0.25, 0.3) is 0 Å². The Labute approximate surface area is 115 Å². The van der Waals surface area contributed by atoms with Crippen molar-refractivity contribution < 1.29 is 4.79 Å². The Morgan fingerprint density at radius 2 is 2.21 bits per heavy atom. The number of rotatable bonds is 3. The molecule has 100 valence electrons. The van der Waals surface area contributed by atoms with E-state index >= 15 is 0 Å². The minimum atomic E-state index is -0.0618.